The van der Waals surface area contributed by atoms with E-state index in [0.29, 0.717) is 5.71 Å². The minimum Gasteiger partial charge on any atom is -0.411 e. The number of rotatable bonds is 2. The van der Waals surface area contributed by atoms with E-state index in [1.807, 2.05) is 38.1 Å². The fraction of sp³-hybridized carbons (Fsp3) is 0.300. The zero-order valence-corrected chi connectivity index (χ0v) is 9.25. The quantitative estimate of drug-likeness (QED) is 0.481. The molecule has 0 bridgehead atoms. The molecule has 3 heteroatoms. The molecule has 70 valence electrons. The van der Waals surface area contributed by atoms with E-state index in [-0.39, 0.29) is 5.92 Å². The Morgan fingerprint density at radius 3 is 2.23 bits per heavy atom. The maximum absolute atomic E-state index is 8.80. The van der Waals surface area contributed by atoms with Crippen molar-refractivity contribution in [3.8, 4) is 0 Å². The maximum atomic E-state index is 8.80. The van der Waals surface area contributed by atoms with E-state index in [2.05, 4.69) is 21.1 Å². The third kappa shape index (κ3) is 2.56. The Bertz CT molecular complexity index is 303. The molecule has 0 atom stereocenters. The zero-order valence-electron chi connectivity index (χ0n) is 7.66. The molecule has 0 unspecified atom stereocenters. The second-order valence-electron chi connectivity index (χ2n) is 3.15. The standard InChI is InChI=1S/C10H12BrNO/c1-7(2)10(12-13)8-3-5-9(11)6-4-8/h3-7,13H,1-2H3. The molecule has 0 aliphatic rings. The molecule has 0 heterocycles. The van der Waals surface area contributed by atoms with Crippen molar-refractivity contribution in [2.24, 2.45) is 11.1 Å². The molecule has 0 spiro atoms. The number of hydrogen-bond acceptors (Lipinski definition) is 2. The third-order valence-electron chi connectivity index (χ3n) is 1.79. The molecule has 1 aromatic carbocycles. The van der Waals surface area contributed by atoms with E-state index >= 15 is 0 Å². The van der Waals surface area contributed by atoms with Gasteiger partial charge in [-0.3, -0.25) is 0 Å². The van der Waals surface area contributed by atoms with Gasteiger partial charge in [0.2, 0.25) is 0 Å². The lowest BCUT2D eigenvalue weighted by molar-refractivity contribution is 0.316. The smallest absolute Gasteiger partial charge is 0.0893 e. The van der Waals surface area contributed by atoms with Gasteiger partial charge in [0.05, 0.1) is 5.71 Å². The summed E-state index contributed by atoms with van der Waals surface area (Å²) >= 11 is 3.35. The number of benzene rings is 1. The highest BCUT2D eigenvalue weighted by Crippen LogP contribution is 2.14. The average molecular weight is 242 g/mol. The molecule has 0 fully saturated rings. The number of oxime groups is 1. The van der Waals surface area contributed by atoms with Gasteiger partial charge in [0, 0.05) is 4.47 Å². The Hall–Kier alpha value is -0.830. The number of nitrogens with zero attached hydrogens (tertiary/aromatic N) is 1. The molecular formula is C10H12BrNO. The molecule has 1 N–H and O–H groups in total. The van der Waals surface area contributed by atoms with Crippen molar-refractivity contribution in [1.82, 2.24) is 0 Å². The van der Waals surface area contributed by atoms with Crippen LogP contribution in [-0.2, 0) is 0 Å². The molecular weight excluding hydrogens is 230 g/mol. The molecule has 0 amide bonds. The van der Waals surface area contributed by atoms with Crippen LogP contribution in [-0.4, -0.2) is 10.9 Å². The van der Waals surface area contributed by atoms with Crippen LogP contribution in [0.25, 0.3) is 0 Å². The average Bonchev–Trinajstić information content (AvgIpc) is 2.09. The van der Waals surface area contributed by atoms with E-state index in [1.54, 1.807) is 0 Å². The monoisotopic (exact) mass is 241 g/mol. The normalized spacial score (nSPS) is 12.2. The minimum absolute atomic E-state index is 0.228. The summed E-state index contributed by atoms with van der Waals surface area (Å²) in [7, 11) is 0. The van der Waals surface area contributed by atoms with Crippen molar-refractivity contribution in [3.63, 3.8) is 0 Å². The largest absolute Gasteiger partial charge is 0.411 e. The molecule has 1 rings (SSSR count). The summed E-state index contributed by atoms with van der Waals surface area (Å²) in [6.07, 6.45) is 0. The summed E-state index contributed by atoms with van der Waals surface area (Å²) in [4.78, 5) is 0. The van der Waals surface area contributed by atoms with Gasteiger partial charge in [-0.05, 0) is 23.6 Å². The first-order chi connectivity index (χ1) is 6.15. The number of halogens is 1. The highest BCUT2D eigenvalue weighted by molar-refractivity contribution is 9.10. The van der Waals surface area contributed by atoms with E-state index < -0.39 is 0 Å². The third-order valence-corrected chi connectivity index (χ3v) is 2.32. The van der Waals surface area contributed by atoms with E-state index in [9.17, 15) is 0 Å². The van der Waals surface area contributed by atoms with Crippen LogP contribution in [0.4, 0.5) is 0 Å². The van der Waals surface area contributed by atoms with Crippen molar-refractivity contribution in [3.05, 3.63) is 34.3 Å². The van der Waals surface area contributed by atoms with Gasteiger partial charge in [-0.1, -0.05) is 47.1 Å². The van der Waals surface area contributed by atoms with Crippen molar-refractivity contribution in [1.29, 1.82) is 0 Å². The fourth-order valence-corrected chi connectivity index (χ4v) is 1.39. The summed E-state index contributed by atoms with van der Waals surface area (Å²) in [5.74, 6) is 0.228. The molecule has 1 aromatic rings. The molecule has 0 aliphatic carbocycles. The zero-order chi connectivity index (χ0) is 9.84. The molecule has 0 radical (unpaired) electrons. The first-order valence-corrected chi connectivity index (χ1v) is 4.92. The highest BCUT2D eigenvalue weighted by Gasteiger charge is 2.08. The second kappa shape index (κ2) is 4.42. The second-order valence-corrected chi connectivity index (χ2v) is 4.06. The maximum Gasteiger partial charge on any atom is 0.0893 e. The van der Waals surface area contributed by atoms with Crippen molar-refractivity contribution in [2.45, 2.75) is 13.8 Å². The summed E-state index contributed by atoms with van der Waals surface area (Å²) in [5, 5.41) is 12.1. The van der Waals surface area contributed by atoms with Gasteiger partial charge in [-0.15, -0.1) is 0 Å². The predicted octanol–water partition coefficient (Wildman–Crippen LogP) is 3.28. The molecule has 0 saturated carbocycles. The summed E-state index contributed by atoms with van der Waals surface area (Å²) in [6, 6.07) is 7.73. The van der Waals surface area contributed by atoms with Crippen LogP contribution >= 0.6 is 15.9 Å². The van der Waals surface area contributed by atoms with Gasteiger partial charge in [-0.2, -0.15) is 0 Å². The Balaban J connectivity index is 3.00. The van der Waals surface area contributed by atoms with E-state index in [1.165, 1.54) is 0 Å². The van der Waals surface area contributed by atoms with Crippen molar-refractivity contribution >= 4 is 21.6 Å². The van der Waals surface area contributed by atoms with Crippen LogP contribution in [0.2, 0.25) is 0 Å². The topological polar surface area (TPSA) is 32.6 Å². The lowest BCUT2D eigenvalue weighted by Crippen LogP contribution is -2.08. The summed E-state index contributed by atoms with van der Waals surface area (Å²) in [5.41, 5.74) is 1.67. The molecule has 13 heavy (non-hydrogen) atoms. The fourth-order valence-electron chi connectivity index (χ4n) is 1.13. The van der Waals surface area contributed by atoms with Crippen LogP contribution in [0.3, 0.4) is 0 Å². The minimum atomic E-state index is 0.228. The molecule has 0 aliphatic heterocycles. The van der Waals surface area contributed by atoms with E-state index in [0.717, 1.165) is 10.0 Å². The van der Waals surface area contributed by atoms with Crippen LogP contribution in [0.15, 0.2) is 33.9 Å². The van der Waals surface area contributed by atoms with Crippen molar-refractivity contribution in [2.75, 3.05) is 0 Å². The Kier molecular flexibility index (Phi) is 3.48. The van der Waals surface area contributed by atoms with Gasteiger partial charge >= 0.3 is 0 Å². The van der Waals surface area contributed by atoms with Gasteiger partial charge in [-0.25, -0.2) is 0 Å². The predicted molar refractivity (Wildman–Crippen MR) is 57.3 cm³/mol. The summed E-state index contributed by atoms with van der Waals surface area (Å²) in [6.45, 7) is 3.99. The van der Waals surface area contributed by atoms with Gasteiger partial charge < -0.3 is 5.21 Å². The van der Waals surface area contributed by atoms with Gasteiger partial charge in [0.15, 0.2) is 0 Å². The first-order valence-electron chi connectivity index (χ1n) is 4.13. The van der Waals surface area contributed by atoms with Gasteiger partial charge in [0.1, 0.15) is 0 Å². The number of hydrogen-bond donors (Lipinski definition) is 1. The van der Waals surface area contributed by atoms with Gasteiger partial charge in [0.25, 0.3) is 0 Å². The Morgan fingerprint density at radius 2 is 1.85 bits per heavy atom. The molecule has 0 aromatic heterocycles. The Labute approximate surface area is 86.4 Å². The molecule has 2 nitrogen and oxygen atoms in total. The van der Waals surface area contributed by atoms with Crippen LogP contribution in [0, 0.1) is 5.92 Å². The summed E-state index contributed by atoms with van der Waals surface area (Å²) < 4.78 is 1.03. The SMILES string of the molecule is CC(C)C(=NO)c1ccc(Br)cc1. The Morgan fingerprint density at radius 1 is 1.31 bits per heavy atom. The van der Waals surface area contributed by atoms with Crippen LogP contribution in [0.5, 0.6) is 0 Å². The molecule has 0 saturated heterocycles. The lowest BCUT2D eigenvalue weighted by atomic mass is 10.0. The first kappa shape index (κ1) is 10.3. The highest BCUT2D eigenvalue weighted by atomic mass is 79.9. The van der Waals surface area contributed by atoms with Crippen LogP contribution < -0.4 is 0 Å². The lowest BCUT2D eigenvalue weighted by Gasteiger charge is -2.07. The van der Waals surface area contributed by atoms with Crippen LogP contribution in [0.1, 0.15) is 19.4 Å². The van der Waals surface area contributed by atoms with E-state index in [4.69, 9.17) is 5.21 Å². The van der Waals surface area contributed by atoms with Crippen molar-refractivity contribution < 1.29 is 5.21 Å².